The maximum atomic E-state index is 12.2. The molecule has 0 heterocycles. The second kappa shape index (κ2) is 11.3. The third-order valence-electron chi connectivity index (χ3n) is 4.58. The van der Waals surface area contributed by atoms with Crippen LogP contribution < -0.4 is 14.8 Å². The molecule has 2 aromatic rings. The molecule has 0 spiro atoms. The van der Waals surface area contributed by atoms with Crippen LogP contribution in [0.5, 0.6) is 5.75 Å². The van der Waals surface area contributed by atoms with Gasteiger partial charge in [0.2, 0.25) is 15.9 Å². The molecule has 0 fully saturated rings. The first-order valence-corrected chi connectivity index (χ1v) is 11.7. The van der Waals surface area contributed by atoms with E-state index < -0.39 is 15.9 Å². The van der Waals surface area contributed by atoms with Gasteiger partial charge in [-0.3, -0.25) is 4.79 Å². The first-order valence-electron chi connectivity index (χ1n) is 10.2. The Kier molecular flexibility index (Phi) is 8.19. The quantitative estimate of drug-likeness (QED) is 0.590. The molecule has 0 aliphatic heterocycles. The molecule has 0 unspecified atom stereocenters. The number of nitrogens with one attached hydrogen (secondary N) is 2. The molecule has 0 bridgehead atoms. The van der Waals surface area contributed by atoms with Gasteiger partial charge in [-0.15, -0.1) is 0 Å². The maximum absolute atomic E-state index is 12.2. The molecule has 0 radical (unpaired) electrons. The van der Waals surface area contributed by atoms with Crippen LogP contribution >= 0.6 is 0 Å². The highest BCUT2D eigenvalue weighted by Gasteiger charge is 2.10. The van der Waals surface area contributed by atoms with Gasteiger partial charge in [0.05, 0.1) is 6.54 Å². The standard InChI is InChI=1S/C25H26N2O4S/c1-20-6-5-9-21(11-10-20)16-17-32(29,30)26-18-25(28)27-23-12-14-24(15-13-23)31-19-22-7-3-2-4-8-22/h2-8,10-17,26H,9,18-19H2,1H3,(H,27,28)/b17-16+. The summed E-state index contributed by atoms with van der Waals surface area (Å²) in [7, 11) is -3.73. The molecule has 1 aliphatic carbocycles. The summed E-state index contributed by atoms with van der Waals surface area (Å²) in [6.07, 6.45) is 9.94. The minimum absolute atomic E-state index is 0.364. The lowest BCUT2D eigenvalue weighted by atomic mass is 10.2. The summed E-state index contributed by atoms with van der Waals surface area (Å²) in [5, 5.41) is 3.74. The fourth-order valence-electron chi connectivity index (χ4n) is 2.84. The Bertz CT molecular complexity index is 1150. The molecule has 1 aliphatic rings. The summed E-state index contributed by atoms with van der Waals surface area (Å²) in [4.78, 5) is 12.1. The van der Waals surface area contributed by atoms with Crippen molar-refractivity contribution in [3.63, 3.8) is 0 Å². The zero-order valence-corrected chi connectivity index (χ0v) is 18.6. The Balaban J connectivity index is 1.45. The molecule has 0 atom stereocenters. The topological polar surface area (TPSA) is 84.5 Å². The molecule has 166 valence electrons. The summed E-state index contributed by atoms with van der Waals surface area (Å²) >= 11 is 0. The van der Waals surface area contributed by atoms with Gasteiger partial charge in [0, 0.05) is 11.1 Å². The Labute approximate surface area is 189 Å². The Morgan fingerprint density at radius 2 is 1.81 bits per heavy atom. The van der Waals surface area contributed by atoms with Crippen LogP contribution in [0.3, 0.4) is 0 Å². The van der Waals surface area contributed by atoms with Crippen LogP contribution in [0, 0.1) is 0 Å². The van der Waals surface area contributed by atoms with Crippen molar-refractivity contribution >= 4 is 21.6 Å². The van der Waals surface area contributed by atoms with Gasteiger partial charge in [-0.2, -0.15) is 0 Å². The van der Waals surface area contributed by atoms with Crippen LogP contribution in [-0.4, -0.2) is 20.9 Å². The van der Waals surface area contributed by atoms with Crippen LogP contribution in [0.4, 0.5) is 5.69 Å². The average molecular weight is 451 g/mol. The Morgan fingerprint density at radius 3 is 2.56 bits per heavy atom. The van der Waals surface area contributed by atoms with E-state index >= 15 is 0 Å². The van der Waals surface area contributed by atoms with E-state index in [1.165, 1.54) is 6.08 Å². The summed E-state index contributed by atoms with van der Waals surface area (Å²) < 4.78 is 32.3. The molecular formula is C25H26N2O4S. The van der Waals surface area contributed by atoms with Crippen molar-refractivity contribution in [1.82, 2.24) is 4.72 Å². The van der Waals surface area contributed by atoms with Gasteiger partial charge in [0.15, 0.2) is 0 Å². The van der Waals surface area contributed by atoms with Gasteiger partial charge in [0.25, 0.3) is 0 Å². The van der Waals surface area contributed by atoms with Crippen molar-refractivity contribution in [2.75, 3.05) is 11.9 Å². The molecule has 2 aromatic carbocycles. The van der Waals surface area contributed by atoms with Gasteiger partial charge in [-0.05, 0) is 54.8 Å². The van der Waals surface area contributed by atoms with Gasteiger partial charge in [-0.1, -0.05) is 60.2 Å². The SMILES string of the molecule is CC1=CC=C(/C=C/S(=O)(=O)NCC(=O)Nc2ccc(OCc3ccccc3)cc2)CC=C1. The van der Waals surface area contributed by atoms with Crippen molar-refractivity contribution < 1.29 is 17.9 Å². The van der Waals surface area contributed by atoms with Gasteiger partial charge in [-0.25, -0.2) is 13.1 Å². The number of hydrogen-bond donors (Lipinski definition) is 2. The molecule has 0 saturated carbocycles. The molecule has 0 saturated heterocycles. The van der Waals surface area contributed by atoms with Crippen molar-refractivity contribution in [2.45, 2.75) is 20.0 Å². The highest BCUT2D eigenvalue weighted by Crippen LogP contribution is 2.17. The third kappa shape index (κ3) is 8.02. The van der Waals surface area contributed by atoms with Crippen LogP contribution in [0.1, 0.15) is 18.9 Å². The van der Waals surface area contributed by atoms with Crippen LogP contribution in [-0.2, 0) is 21.4 Å². The third-order valence-corrected chi connectivity index (χ3v) is 5.62. The Hall–Kier alpha value is -3.42. The molecule has 0 aromatic heterocycles. The molecule has 2 N–H and O–H groups in total. The number of sulfonamides is 1. The van der Waals surface area contributed by atoms with E-state index in [9.17, 15) is 13.2 Å². The van der Waals surface area contributed by atoms with Gasteiger partial charge in [0.1, 0.15) is 12.4 Å². The van der Waals surface area contributed by atoms with E-state index in [2.05, 4.69) is 10.0 Å². The lowest BCUT2D eigenvalue weighted by Crippen LogP contribution is -2.31. The predicted octanol–water partition coefficient (Wildman–Crippen LogP) is 4.47. The number of benzene rings is 2. The fourth-order valence-corrected chi connectivity index (χ4v) is 3.62. The van der Waals surface area contributed by atoms with Crippen LogP contribution in [0.15, 0.2) is 102 Å². The lowest BCUT2D eigenvalue weighted by Gasteiger charge is -2.09. The molecule has 3 rings (SSSR count). The molecule has 7 heteroatoms. The number of ether oxygens (including phenoxy) is 1. The van der Waals surface area contributed by atoms with E-state index in [4.69, 9.17) is 4.74 Å². The van der Waals surface area contributed by atoms with E-state index in [1.54, 1.807) is 24.3 Å². The number of hydrogen-bond acceptors (Lipinski definition) is 4. The number of rotatable bonds is 9. The first kappa shape index (κ1) is 23.2. The summed E-state index contributed by atoms with van der Waals surface area (Å²) in [5.41, 5.74) is 3.57. The highest BCUT2D eigenvalue weighted by molar-refractivity contribution is 7.92. The normalized spacial score (nSPS) is 13.9. The van der Waals surface area contributed by atoms with E-state index in [1.807, 2.05) is 61.6 Å². The number of anilines is 1. The number of carbonyl (C=O) groups excluding carboxylic acids is 1. The minimum atomic E-state index is -3.73. The zero-order valence-electron chi connectivity index (χ0n) is 17.8. The van der Waals surface area contributed by atoms with E-state index in [0.29, 0.717) is 24.5 Å². The number of carbonyl (C=O) groups is 1. The Morgan fingerprint density at radius 1 is 1.06 bits per heavy atom. The number of amides is 1. The largest absolute Gasteiger partial charge is 0.489 e. The second-order valence-corrected chi connectivity index (χ2v) is 8.93. The highest BCUT2D eigenvalue weighted by atomic mass is 32.2. The maximum Gasteiger partial charge on any atom is 0.239 e. The smallest absolute Gasteiger partial charge is 0.239 e. The predicted molar refractivity (Wildman–Crippen MR) is 128 cm³/mol. The zero-order chi connectivity index (χ0) is 22.8. The van der Waals surface area contributed by atoms with E-state index in [-0.39, 0.29) is 6.54 Å². The van der Waals surface area contributed by atoms with Crippen molar-refractivity contribution in [3.05, 3.63) is 107 Å². The lowest BCUT2D eigenvalue weighted by molar-refractivity contribution is -0.115. The summed E-state index contributed by atoms with van der Waals surface area (Å²) in [6.45, 7) is 2.06. The fraction of sp³-hybridized carbons (Fsp3) is 0.160. The van der Waals surface area contributed by atoms with Crippen molar-refractivity contribution in [3.8, 4) is 5.75 Å². The van der Waals surface area contributed by atoms with E-state index in [0.717, 1.165) is 22.1 Å². The van der Waals surface area contributed by atoms with Gasteiger partial charge < -0.3 is 10.1 Å². The molecule has 6 nitrogen and oxygen atoms in total. The minimum Gasteiger partial charge on any atom is -0.489 e. The van der Waals surface area contributed by atoms with Crippen LogP contribution in [0.25, 0.3) is 0 Å². The number of allylic oxidation sites excluding steroid dienone is 7. The summed E-state index contributed by atoms with van der Waals surface area (Å²) in [6, 6.07) is 16.7. The molecular weight excluding hydrogens is 424 g/mol. The second-order valence-electron chi connectivity index (χ2n) is 7.27. The van der Waals surface area contributed by atoms with Crippen molar-refractivity contribution in [1.29, 1.82) is 0 Å². The average Bonchev–Trinajstić information content (AvgIpc) is 3.01. The molecule has 32 heavy (non-hydrogen) atoms. The monoisotopic (exact) mass is 450 g/mol. The first-order chi connectivity index (χ1) is 15.4. The summed E-state index contributed by atoms with van der Waals surface area (Å²) in [5.74, 6) is 0.209. The molecule has 1 amide bonds. The van der Waals surface area contributed by atoms with Crippen LogP contribution in [0.2, 0.25) is 0 Å². The van der Waals surface area contributed by atoms with Crippen molar-refractivity contribution in [2.24, 2.45) is 0 Å². The van der Waals surface area contributed by atoms with Gasteiger partial charge >= 0.3 is 0 Å².